The van der Waals surface area contributed by atoms with Crippen LogP contribution < -0.4 is 4.74 Å². The first-order valence-corrected chi connectivity index (χ1v) is 11.1. The molecule has 0 aliphatic carbocycles. The van der Waals surface area contributed by atoms with E-state index in [1.807, 2.05) is 23.6 Å². The molecule has 4 nitrogen and oxygen atoms in total. The number of Topliss-reactive ketones (excluding diaryl/α,β-unsaturated/α-hetero) is 1. The van der Waals surface area contributed by atoms with Crippen LogP contribution in [0.4, 0.5) is 0 Å². The standard InChI is InChI=1S/C24H23NO3S/c26-22(14-17-3-1-2-4-20(17)16-7-10-27-11-8-16)21-15-29-24(25-21)19-5-6-23-18(13-19)9-12-28-23/h1-6,13,15-16H,7-12,14H2. The number of carbonyl (C=O) groups excluding carboxylic acids is 1. The van der Waals surface area contributed by atoms with Crippen LogP contribution >= 0.6 is 11.3 Å². The van der Waals surface area contributed by atoms with Crippen molar-refractivity contribution in [2.75, 3.05) is 19.8 Å². The predicted molar refractivity (Wildman–Crippen MR) is 114 cm³/mol. The first-order valence-electron chi connectivity index (χ1n) is 10.2. The Bertz CT molecular complexity index is 1040. The number of carbonyl (C=O) groups is 1. The van der Waals surface area contributed by atoms with E-state index in [-0.39, 0.29) is 5.78 Å². The average molecular weight is 406 g/mol. The van der Waals surface area contributed by atoms with Gasteiger partial charge in [-0.05, 0) is 53.6 Å². The first-order chi connectivity index (χ1) is 14.3. The fourth-order valence-electron chi connectivity index (χ4n) is 4.22. The van der Waals surface area contributed by atoms with Crippen LogP contribution in [0.2, 0.25) is 0 Å². The van der Waals surface area contributed by atoms with Gasteiger partial charge in [-0.15, -0.1) is 11.3 Å². The van der Waals surface area contributed by atoms with Crippen molar-refractivity contribution in [2.24, 2.45) is 0 Å². The van der Waals surface area contributed by atoms with Crippen LogP contribution in [0.5, 0.6) is 5.75 Å². The lowest BCUT2D eigenvalue weighted by Crippen LogP contribution is -2.16. The second-order valence-electron chi connectivity index (χ2n) is 7.64. The maximum Gasteiger partial charge on any atom is 0.186 e. The molecule has 5 heteroatoms. The number of ether oxygens (including phenoxy) is 2. The molecule has 2 aliphatic rings. The maximum absolute atomic E-state index is 13.0. The number of ketones is 1. The topological polar surface area (TPSA) is 48.4 Å². The van der Waals surface area contributed by atoms with Gasteiger partial charge >= 0.3 is 0 Å². The zero-order chi connectivity index (χ0) is 19.6. The number of nitrogens with zero attached hydrogens (tertiary/aromatic N) is 1. The van der Waals surface area contributed by atoms with Crippen molar-refractivity contribution < 1.29 is 14.3 Å². The highest BCUT2D eigenvalue weighted by molar-refractivity contribution is 7.13. The Morgan fingerprint density at radius 2 is 1.97 bits per heavy atom. The molecule has 1 saturated heterocycles. The molecule has 0 unspecified atom stereocenters. The molecule has 3 heterocycles. The molecule has 0 amide bonds. The Morgan fingerprint density at radius 1 is 1.10 bits per heavy atom. The van der Waals surface area contributed by atoms with Crippen LogP contribution in [-0.4, -0.2) is 30.6 Å². The molecule has 5 rings (SSSR count). The molecular formula is C24H23NO3S. The number of hydrogen-bond donors (Lipinski definition) is 0. The second kappa shape index (κ2) is 8.09. The third-order valence-electron chi connectivity index (χ3n) is 5.79. The molecular weight excluding hydrogens is 382 g/mol. The largest absolute Gasteiger partial charge is 0.493 e. The Hall–Kier alpha value is -2.50. The summed E-state index contributed by atoms with van der Waals surface area (Å²) in [7, 11) is 0. The van der Waals surface area contributed by atoms with Gasteiger partial charge in [0, 0.05) is 37.0 Å². The monoisotopic (exact) mass is 405 g/mol. The van der Waals surface area contributed by atoms with E-state index in [0.717, 1.165) is 61.0 Å². The van der Waals surface area contributed by atoms with Crippen molar-refractivity contribution in [3.8, 4) is 16.3 Å². The van der Waals surface area contributed by atoms with Gasteiger partial charge in [0.2, 0.25) is 0 Å². The van der Waals surface area contributed by atoms with Gasteiger partial charge in [-0.25, -0.2) is 4.98 Å². The summed E-state index contributed by atoms with van der Waals surface area (Å²) in [6.07, 6.45) is 3.38. The molecule has 0 N–H and O–H groups in total. The van der Waals surface area contributed by atoms with Gasteiger partial charge in [0.15, 0.2) is 5.78 Å². The summed E-state index contributed by atoms with van der Waals surface area (Å²) in [6, 6.07) is 14.5. The van der Waals surface area contributed by atoms with E-state index < -0.39 is 0 Å². The Kier molecular flexibility index (Phi) is 5.17. The van der Waals surface area contributed by atoms with Gasteiger partial charge in [-0.2, -0.15) is 0 Å². The highest BCUT2D eigenvalue weighted by Crippen LogP contribution is 2.33. The fourth-order valence-corrected chi connectivity index (χ4v) is 5.04. The first kappa shape index (κ1) is 18.5. The molecule has 2 aliphatic heterocycles. The second-order valence-corrected chi connectivity index (χ2v) is 8.50. The highest BCUT2D eigenvalue weighted by atomic mass is 32.1. The minimum atomic E-state index is 0.0801. The van der Waals surface area contributed by atoms with Crippen molar-refractivity contribution in [2.45, 2.75) is 31.6 Å². The molecule has 1 fully saturated rings. The van der Waals surface area contributed by atoms with E-state index in [0.29, 0.717) is 18.0 Å². The predicted octanol–water partition coefficient (Wildman–Crippen LogP) is 5.06. The minimum absolute atomic E-state index is 0.0801. The van der Waals surface area contributed by atoms with Gasteiger partial charge in [0.1, 0.15) is 16.5 Å². The molecule has 2 aromatic carbocycles. The number of rotatable bonds is 5. The lowest BCUT2D eigenvalue weighted by molar-refractivity contribution is 0.0851. The Balaban J connectivity index is 1.35. The summed E-state index contributed by atoms with van der Waals surface area (Å²) < 4.78 is 11.1. The van der Waals surface area contributed by atoms with Crippen LogP contribution in [0.25, 0.3) is 10.6 Å². The minimum Gasteiger partial charge on any atom is -0.493 e. The van der Waals surface area contributed by atoms with E-state index in [1.165, 1.54) is 22.5 Å². The van der Waals surface area contributed by atoms with Gasteiger partial charge in [0.05, 0.1) is 6.61 Å². The normalized spacial score (nSPS) is 16.4. The summed E-state index contributed by atoms with van der Waals surface area (Å²) >= 11 is 1.53. The molecule has 0 radical (unpaired) electrons. The molecule has 0 saturated carbocycles. The van der Waals surface area contributed by atoms with Gasteiger partial charge in [0.25, 0.3) is 0 Å². The summed E-state index contributed by atoms with van der Waals surface area (Å²) in [6.45, 7) is 2.34. The zero-order valence-electron chi connectivity index (χ0n) is 16.2. The average Bonchev–Trinajstić information content (AvgIpc) is 3.44. The fraction of sp³-hybridized carbons (Fsp3) is 0.333. The van der Waals surface area contributed by atoms with E-state index in [9.17, 15) is 4.79 Å². The molecule has 0 bridgehead atoms. The summed E-state index contributed by atoms with van der Waals surface area (Å²) in [5.74, 6) is 1.52. The third kappa shape index (κ3) is 3.85. The highest BCUT2D eigenvalue weighted by Gasteiger charge is 2.21. The summed E-state index contributed by atoms with van der Waals surface area (Å²) in [5, 5.41) is 2.78. The summed E-state index contributed by atoms with van der Waals surface area (Å²) in [4.78, 5) is 17.6. The van der Waals surface area contributed by atoms with Crippen molar-refractivity contribution >= 4 is 17.1 Å². The maximum atomic E-state index is 13.0. The Labute approximate surface area is 174 Å². The van der Waals surface area contributed by atoms with Crippen molar-refractivity contribution in [3.05, 3.63) is 70.2 Å². The zero-order valence-corrected chi connectivity index (χ0v) is 17.0. The van der Waals surface area contributed by atoms with Crippen LogP contribution in [0, 0.1) is 0 Å². The van der Waals surface area contributed by atoms with Gasteiger partial charge in [-0.3, -0.25) is 4.79 Å². The lowest BCUT2D eigenvalue weighted by Gasteiger charge is -2.24. The van der Waals surface area contributed by atoms with Crippen LogP contribution in [0.1, 0.15) is 45.9 Å². The smallest absolute Gasteiger partial charge is 0.186 e. The number of fused-ring (bicyclic) bond motifs is 1. The van der Waals surface area contributed by atoms with E-state index in [4.69, 9.17) is 9.47 Å². The van der Waals surface area contributed by atoms with Crippen molar-refractivity contribution in [1.29, 1.82) is 0 Å². The molecule has 3 aromatic rings. The molecule has 148 valence electrons. The van der Waals surface area contributed by atoms with E-state index >= 15 is 0 Å². The van der Waals surface area contributed by atoms with Gasteiger partial charge < -0.3 is 9.47 Å². The SMILES string of the molecule is O=C(Cc1ccccc1C1CCOCC1)c1csc(-c2ccc3c(c2)CCO3)n1. The molecule has 29 heavy (non-hydrogen) atoms. The van der Waals surface area contributed by atoms with Crippen LogP contribution in [0.3, 0.4) is 0 Å². The Morgan fingerprint density at radius 3 is 2.86 bits per heavy atom. The summed E-state index contributed by atoms with van der Waals surface area (Å²) in [5.41, 5.74) is 5.24. The molecule has 1 aromatic heterocycles. The van der Waals surface area contributed by atoms with Gasteiger partial charge in [-0.1, -0.05) is 24.3 Å². The lowest BCUT2D eigenvalue weighted by atomic mass is 9.86. The van der Waals surface area contributed by atoms with E-state index in [2.05, 4.69) is 29.2 Å². The van der Waals surface area contributed by atoms with Crippen LogP contribution in [-0.2, 0) is 17.6 Å². The van der Waals surface area contributed by atoms with Crippen molar-refractivity contribution in [1.82, 2.24) is 4.98 Å². The molecule has 0 atom stereocenters. The quantitative estimate of drug-likeness (QED) is 0.557. The van der Waals surface area contributed by atoms with E-state index in [1.54, 1.807) is 0 Å². The number of aromatic nitrogens is 1. The third-order valence-corrected chi connectivity index (χ3v) is 6.68. The number of thiazole rings is 1. The number of hydrogen-bond acceptors (Lipinski definition) is 5. The number of benzene rings is 2. The van der Waals surface area contributed by atoms with Crippen molar-refractivity contribution in [3.63, 3.8) is 0 Å². The van der Waals surface area contributed by atoms with Crippen LogP contribution in [0.15, 0.2) is 47.8 Å². The molecule has 0 spiro atoms.